The minimum Gasteiger partial charge on any atom is -0.483 e. The minimum atomic E-state index is -0.0979. The van der Waals surface area contributed by atoms with Crippen LogP contribution in [0.5, 0.6) is 0 Å². The van der Waals surface area contributed by atoms with E-state index in [0.717, 1.165) is 0 Å². The highest BCUT2D eigenvalue weighted by Crippen LogP contribution is 2.18. The molecule has 0 atom stereocenters. The standard InChI is InChI=1S/C16H13ClO2S/c1-2-19-16(20)14-6-4-3-5-13(14)15(18)11-7-9-12(17)10-8-11/h3-10H,2H2,1H3. The highest BCUT2D eigenvalue weighted by Gasteiger charge is 2.16. The molecule has 0 spiro atoms. The van der Waals surface area contributed by atoms with Crippen molar-refractivity contribution < 1.29 is 9.53 Å². The first-order valence-electron chi connectivity index (χ1n) is 6.20. The lowest BCUT2D eigenvalue weighted by Gasteiger charge is -2.10. The smallest absolute Gasteiger partial charge is 0.193 e. The summed E-state index contributed by atoms with van der Waals surface area (Å²) in [5.74, 6) is -0.0979. The van der Waals surface area contributed by atoms with Gasteiger partial charge >= 0.3 is 0 Å². The quantitative estimate of drug-likeness (QED) is 0.623. The third-order valence-electron chi connectivity index (χ3n) is 2.77. The van der Waals surface area contributed by atoms with Crippen molar-refractivity contribution in [1.82, 2.24) is 0 Å². The molecule has 0 N–H and O–H groups in total. The van der Waals surface area contributed by atoms with Crippen LogP contribution in [-0.4, -0.2) is 17.4 Å². The fourth-order valence-electron chi connectivity index (χ4n) is 1.82. The van der Waals surface area contributed by atoms with E-state index in [1.807, 2.05) is 13.0 Å². The predicted octanol–water partition coefficient (Wildman–Crippen LogP) is 4.28. The first-order valence-corrected chi connectivity index (χ1v) is 6.98. The molecule has 0 bridgehead atoms. The number of benzene rings is 2. The summed E-state index contributed by atoms with van der Waals surface area (Å²) in [5.41, 5.74) is 1.75. The Bertz CT molecular complexity index is 635. The molecule has 102 valence electrons. The summed E-state index contributed by atoms with van der Waals surface area (Å²) in [6.07, 6.45) is 0. The van der Waals surface area contributed by atoms with Gasteiger partial charge < -0.3 is 4.74 Å². The van der Waals surface area contributed by atoms with Gasteiger partial charge in [-0.25, -0.2) is 0 Å². The molecule has 0 amide bonds. The van der Waals surface area contributed by atoms with E-state index >= 15 is 0 Å². The molecule has 0 aliphatic carbocycles. The Kier molecular flexibility index (Phi) is 4.88. The van der Waals surface area contributed by atoms with Crippen LogP contribution in [0.15, 0.2) is 48.5 Å². The molecule has 2 rings (SSSR count). The van der Waals surface area contributed by atoms with Crippen LogP contribution in [0.2, 0.25) is 5.02 Å². The first-order chi connectivity index (χ1) is 9.63. The number of hydrogen-bond donors (Lipinski definition) is 0. The summed E-state index contributed by atoms with van der Waals surface area (Å²) in [6, 6.07) is 14.0. The van der Waals surface area contributed by atoms with Crippen LogP contribution in [0.4, 0.5) is 0 Å². The van der Waals surface area contributed by atoms with E-state index in [1.54, 1.807) is 42.5 Å². The van der Waals surface area contributed by atoms with Gasteiger partial charge in [-0.15, -0.1) is 0 Å². The van der Waals surface area contributed by atoms with Crippen molar-refractivity contribution in [3.63, 3.8) is 0 Å². The Morgan fingerprint density at radius 1 is 1.10 bits per heavy atom. The van der Waals surface area contributed by atoms with Crippen LogP contribution in [0, 0.1) is 0 Å². The highest BCUT2D eigenvalue weighted by atomic mass is 35.5. The van der Waals surface area contributed by atoms with Crippen molar-refractivity contribution in [2.45, 2.75) is 6.92 Å². The van der Waals surface area contributed by atoms with Crippen LogP contribution >= 0.6 is 23.8 Å². The second-order valence-corrected chi connectivity index (χ2v) is 4.91. The lowest BCUT2D eigenvalue weighted by Crippen LogP contribution is -2.11. The Labute approximate surface area is 128 Å². The molecular formula is C16H13ClO2S. The monoisotopic (exact) mass is 304 g/mol. The number of carbonyl (C=O) groups is 1. The number of rotatable bonds is 4. The maximum absolute atomic E-state index is 12.5. The molecule has 0 saturated heterocycles. The number of ether oxygens (including phenoxy) is 1. The summed E-state index contributed by atoms with van der Waals surface area (Å²) in [7, 11) is 0. The SMILES string of the molecule is CCOC(=S)c1ccccc1C(=O)c1ccc(Cl)cc1. The van der Waals surface area contributed by atoms with Gasteiger partial charge in [0.05, 0.1) is 6.61 Å². The second-order valence-electron chi connectivity index (χ2n) is 4.10. The van der Waals surface area contributed by atoms with E-state index in [0.29, 0.717) is 33.4 Å². The van der Waals surface area contributed by atoms with Gasteiger partial charge in [-0.1, -0.05) is 29.8 Å². The molecule has 0 fully saturated rings. The predicted molar refractivity (Wildman–Crippen MR) is 84.7 cm³/mol. The Morgan fingerprint density at radius 2 is 1.70 bits per heavy atom. The zero-order valence-electron chi connectivity index (χ0n) is 10.9. The van der Waals surface area contributed by atoms with Crippen molar-refractivity contribution in [2.75, 3.05) is 6.61 Å². The largest absolute Gasteiger partial charge is 0.483 e. The molecule has 0 aromatic heterocycles. The number of halogens is 1. The van der Waals surface area contributed by atoms with Crippen molar-refractivity contribution in [2.24, 2.45) is 0 Å². The van der Waals surface area contributed by atoms with Gasteiger partial charge in [0.2, 0.25) is 0 Å². The maximum Gasteiger partial charge on any atom is 0.193 e. The van der Waals surface area contributed by atoms with Crippen LogP contribution in [-0.2, 0) is 4.74 Å². The van der Waals surface area contributed by atoms with Gasteiger partial charge in [0, 0.05) is 21.7 Å². The van der Waals surface area contributed by atoms with Crippen LogP contribution < -0.4 is 0 Å². The molecule has 2 nitrogen and oxygen atoms in total. The van der Waals surface area contributed by atoms with E-state index in [4.69, 9.17) is 28.6 Å². The first kappa shape index (κ1) is 14.7. The van der Waals surface area contributed by atoms with Crippen LogP contribution in [0.3, 0.4) is 0 Å². The van der Waals surface area contributed by atoms with E-state index in [2.05, 4.69) is 0 Å². The molecule has 0 unspecified atom stereocenters. The average Bonchev–Trinajstić information content (AvgIpc) is 2.47. The van der Waals surface area contributed by atoms with Gasteiger partial charge in [-0.05, 0) is 49.5 Å². The van der Waals surface area contributed by atoms with E-state index < -0.39 is 0 Å². The minimum absolute atomic E-state index is 0.0979. The molecule has 20 heavy (non-hydrogen) atoms. The fourth-order valence-corrected chi connectivity index (χ4v) is 2.25. The van der Waals surface area contributed by atoms with Gasteiger partial charge in [0.15, 0.2) is 10.8 Å². The average molecular weight is 305 g/mol. The highest BCUT2D eigenvalue weighted by molar-refractivity contribution is 7.80. The van der Waals surface area contributed by atoms with E-state index in [-0.39, 0.29) is 5.78 Å². The third-order valence-corrected chi connectivity index (χ3v) is 3.36. The zero-order valence-corrected chi connectivity index (χ0v) is 12.5. The van der Waals surface area contributed by atoms with Crippen LogP contribution in [0.1, 0.15) is 28.4 Å². The van der Waals surface area contributed by atoms with Crippen molar-refractivity contribution >= 4 is 34.7 Å². The van der Waals surface area contributed by atoms with Crippen molar-refractivity contribution in [3.05, 3.63) is 70.2 Å². The molecule has 0 saturated carbocycles. The number of carbonyl (C=O) groups excluding carboxylic acids is 1. The molecule has 4 heteroatoms. The van der Waals surface area contributed by atoms with Crippen molar-refractivity contribution in [1.29, 1.82) is 0 Å². The number of ketones is 1. The third kappa shape index (κ3) is 3.24. The lowest BCUT2D eigenvalue weighted by atomic mass is 9.99. The number of thiocarbonyl (C=S) groups is 1. The van der Waals surface area contributed by atoms with E-state index in [1.165, 1.54) is 0 Å². The van der Waals surface area contributed by atoms with E-state index in [9.17, 15) is 4.79 Å². The van der Waals surface area contributed by atoms with Gasteiger partial charge in [0.1, 0.15) is 0 Å². The molecule has 0 heterocycles. The Balaban J connectivity index is 2.39. The topological polar surface area (TPSA) is 26.3 Å². The van der Waals surface area contributed by atoms with Gasteiger partial charge in [0.25, 0.3) is 0 Å². The molecule has 2 aromatic carbocycles. The summed E-state index contributed by atoms with van der Waals surface area (Å²) in [6.45, 7) is 2.33. The van der Waals surface area contributed by atoms with Crippen molar-refractivity contribution in [3.8, 4) is 0 Å². The van der Waals surface area contributed by atoms with Gasteiger partial charge in [-0.3, -0.25) is 4.79 Å². The zero-order chi connectivity index (χ0) is 14.5. The Hall–Kier alpha value is -1.71. The fraction of sp³-hybridized carbons (Fsp3) is 0.125. The number of hydrogen-bond acceptors (Lipinski definition) is 3. The second kappa shape index (κ2) is 6.64. The molecule has 2 aromatic rings. The molecule has 0 aliphatic heterocycles. The summed E-state index contributed by atoms with van der Waals surface area (Å²) >= 11 is 11.0. The summed E-state index contributed by atoms with van der Waals surface area (Å²) in [5, 5.41) is 0.935. The summed E-state index contributed by atoms with van der Waals surface area (Å²) < 4.78 is 5.33. The molecular weight excluding hydrogens is 292 g/mol. The normalized spacial score (nSPS) is 10.1. The maximum atomic E-state index is 12.5. The lowest BCUT2D eigenvalue weighted by molar-refractivity contribution is 0.103. The van der Waals surface area contributed by atoms with Gasteiger partial charge in [-0.2, -0.15) is 0 Å². The molecule has 0 aliphatic rings. The summed E-state index contributed by atoms with van der Waals surface area (Å²) in [4.78, 5) is 12.5. The molecule has 0 radical (unpaired) electrons. The van der Waals surface area contributed by atoms with Crippen LogP contribution in [0.25, 0.3) is 0 Å². The Morgan fingerprint density at radius 3 is 2.30 bits per heavy atom.